The maximum atomic E-state index is 12.2. The Labute approximate surface area is 212 Å². The van der Waals surface area contributed by atoms with Gasteiger partial charge in [0, 0.05) is 39.1 Å². The molecule has 2 aromatic rings. The molecule has 2 rings (SSSR count). The Hall–Kier alpha value is -2.25. The molecule has 0 aliphatic rings. The lowest BCUT2D eigenvalue weighted by Gasteiger charge is -2.24. The van der Waals surface area contributed by atoms with E-state index < -0.39 is 0 Å². The van der Waals surface area contributed by atoms with Gasteiger partial charge in [-0.3, -0.25) is 14.5 Å². The van der Waals surface area contributed by atoms with Crippen LogP contribution in [0, 0.1) is 0 Å². The lowest BCUT2D eigenvalue weighted by atomic mass is 10.2. The minimum atomic E-state index is 0.0952. The van der Waals surface area contributed by atoms with Crippen LogP contribution in [0.25, 0.3) is 0 Å². The molecule has 0 atom stereocenters. The highest BCUT2D eigenvalue weighted by Gasteiger charge is 2.11. The van der Waals surface area contributed by atoms with Gasteiger partial charge in [-0.05, 0) is 36.8 Å². The largest absolute Gasteiger partial charge is 0.356 e. The van der Waals surface area contributed by atoms with Crippen molar-refractivity contribution in [1.29, 1.82) is 0 Å². The monoisotopic (exact) mass is 483 g/mol. The second-order valence-electron chi connectivity index (χ2n) is 8.89. The number of nitrogens with zero attached hydrogens (tertiary/aromatic N) is 2. The van der Waals surface area contributed by atoms with Gasteiger partial charge in [0.1, 0.15) is 0 Å². The molecule has 6 nitrogen and oxygen atoms in total. The van der Waals surface area contributed by atoms with Crippen molar-refractivity contribution in [2.45, 2.75) is 72.0 Å². The normalized spacial score (nSPS) is 11.3. The second kappa shape index (κ2) is 19.0. The van der Waals surface area contributed by atoms with Crippen molar-refractivity contribution in [3.63, 3.8) is 0 Å². The number of carbonyl (C=O) groups is 1. The van der Waals surface area contributed by atoms with E-state index in [1.165, 1.54) is 5.56 Å². The Bertz CT molecular complexity index is 773. The maximum Gasteiger partial charge on any atom is 0.221 e. The molecule has 0 saturated heterocycles. The van der Waals surface area contributed by atoms with E-state index in [4.69, 9.17) is 9.68 Å². The lowest BCUT2D eigenvalue weighted by molar-refractivity contribution is -0.179. The quantitative estimate of drug-likeness (QED) is 0.192. The SMILES string of the molecule is CCCCCNC(=O)CCN(CCCCN(CCC)OCc1ccccc1)OCc1ccccc1. The molecule has 0 aliphatic heterocycles. The molecule has 0 aromatic heterocycles. The average molecular weight is 484 g/mol. The average Bonchev–Trinajstić information content (AvgIpc) is 2.89. The molecule has 0 heterocycles. The van der Waals surface area contributed by atoms with Crippen LogP contribution in [0.5, 0.6) is 0 Å². The number of hydrogen-bond acceptors (Lipinski definition) is 5. The van der Waals surface area contributed by atoms with E-state index in [1.807, 2.05) is 41.5 Å². The van der Waals surface area contributed by atoms with Gasteiger partial charge in [0.05, 0.1) is 13.2 Å². The zero-order valence-electron chi connectivity index (χ0n) is 21.8. The summed E-state index contributed by atoms with van der Waals surface area (Å²) in [5.41, 5.74) is 2.31. The summed E-state index contributed by atoms with van der Waals surface area (Å²) < 4.78 is 0. The van der Waals surface area contributed by atoms with Gasteiger partial charge in [-0.25, -0.2) is 0 Å². The summed E-state index contributed by atoms with van der Waals surface area (Å²) in [4.78, 5) is 24.4. The molecule has 0 spiro atoms. The van der Waals surface area contributed by atoms with Crippen LogP contribution in [0.2, 0.25) is 0 Å². The Morgan fingerprint density at radius 3 is 1.74 bits per heavy atom. The van der Waals surface area contributed by atoms with Crippen LogP contribution in [0.4, 0.5) is 0 Å². The van der Waals surface area contributed by atoms with Crippen LogP contribution in [-0.4, -0.2) is 48.8 Å². The molecule has 0 saturated carbocycles. The summed E-state index contributed by atoms with van der Waals surface area (Å²) in [6.45, 7) is 9.38. The molecule has 35 heavy (non-hydrogen) atoms. The van der Waals surface area contributed by atoms with Crippen LogP contribution in [0.3, 0.4) is 0 Å². The third-order valence-electron chi connectivity index (χ3n) is 5.74. The third-order valence-corrected chi connectivity index (χ3v) is 5.74. The highest BCUT2D eigenvalue weighted by atomic mass is 16.7. The highest BCUT2D eigenvalue weighted by molar-refractivity contribution is 5.75. The molecule has 2 aromatic carbocycles. The molecule has 0 aliphatic carbocycles. The van der Waals surface area contributed by atoms with Crippen molar-refractivity contribution in [3.8, 4) is 0 Å². The molecule has 0 unspecified atom stereocenters. The molecular weight excluding hydrogens is 438 g/mol. The van der Waals surface area contributed by atoms with Crippen molar-refractivity contribution in [2.24, 2.45) is 0 Å². The molecule has 1 amide bonds. The minimum Gasteiger partial charge on any atom is -0.356 e. The fourth-order valence-corrected chi connectivity index (χ4v) is 3.71. The number of amides is 1. The minimum absolute atomic E-state index is 0.0952. The van der Waals surface area contributed by atoms with E-state index >= 15 is 0 Å². The van der Waals surface area contributed by atoms with Crippen LogP contribution in [0.15, 0.2) is 60.7 Å². The van der Waals surface area contributed by atoms with Gasteiger partial charge in [0.15, 0.2) is 0 Å². The zero-order chi connectivity index (χ0) is 25.0. The van der Waals surface area contributed by atoms with Crippen LogP contribution < -0.4 is 5.32 Å². The van der Waals surface area contributed by atoms with Crippen molar-refractivity contribution < 1.29 is 14.5 Å². The number of hydrogen-bond donors (Lipinski definition) is 1. The highest BCUT2D eigenvalue weighted by Crippen LogP contribution is 2.08. The van der Waals surface area contributed by atoms with Crippen molar-refractivity contribution in [3.05, 3.63) is 71.8 Å². The summed E-state index contributed by atoms with van der Waals surface area (Å²) in [6, 6.07) is 20.4. The Kier molecular flexibility index (Phi) is 15.7. The number of benzene rings is 2. The van der Waals surface area contributed by atoms with E-state index in [1.54, 1.807) is 0 Å². The smallest absolute Gasteiger partial charge is 0.221 e. The van der Waals surface area contributed by atoms with Crippen molar-refractivity contribution in [1.82, 2.24) is 15.4 Å². The van der Waals surface area contributed by atoms with Crippen LogP contribution >= 0.6 is 0 Å². The van der Waals surface area contributed by atoms with Crippen molar-refractivity contribution in [2.75, 3.05) is 32.7 Å². The fourth-order valence-electron chi connectivity index (χ4n) is 3.71. The first kappa shape index (κ1) is 29.0. The molecule has 1 N–H and O–H groups in total. The van der Waals surface area contributed by atoms with Gasteiger partial charge in [-0.15, -0.1) is 0 Å². The number of carbonyl (C=O) groups excluding carboxylic acids is 1. The number of nitrogens with one attached hydrogen (secondary N) is 1. The first-order valence-electron chi connectivity index (χ1n) is 13.3. The third kappa shape index (κ3) is 14.0. The number of unbranched alkanes of at least 4 members (excludes halogenated alkanes) is 3. The summed E-state index contributed by atoms with van der Waals surface area (Å²) >= 11 is 0. The van der Waals surface area contributed by atoms with E-state index in [-0.39, 0.29) is 5.91 Å². The number of rotatable bonds is 20. The van der Waals surface area contributed by atoms with Gasteiger partial charge >= 0.3 is 0 Å². The first-order valence-corrected chi connectivity index (χ1v) is 13.3. The van der Waals surface area contributed by atoms with Crippen molar-refractivity contribution >= 4 is 5.91 Å². The molecule has 0 fully saturated rings. The Morgan fingerprint density at radius 2 is 1.23 bits per heavy atom. The summed E-state index contributed by atoms with van der Waals surface area (Å²) in [5, 5.41) is 7.05. The molecule has 0 radical (unpaired) electrons. The topological polar surface area (TPSA) is 54.0 Å². The van der Waals surface area contributed by atoms with Gasteiger partial charge in [0.2, 0.25) is 5.91 Å². The van der Waals surface area contributed by atoms with E-state index in [2.05, 4.69) is 48.5 Å². The molecule has 194 valence electrons. The first-order chi connectivity index (χ1) is 17.2. The Balaban J connectivity index is 1.75. The summed E-state index contributed by atoms with van der Waals surface area (Å²) in [7, 11) is 0. The number of hydroxylamine groups is 4. The molecule has 6 heteroatoms. The van der Waals surface area contributed by atoms with Crippen LogP contribution in [-0.2, 0) is 27.7 Å². The lowest BCUT2D eigenvalue weighted by Crippen LogP contribution is -2.32. The fraction of sp³-hybridized carbons (Fsp3) is 0.552. The van der Waals surface area contributed by atoms with Gasteiger partial charge in [0.25, 0.3) is 0 Å². The summed E-state index contributed by atoms with van der Waals surface area (Å²) in [5.74, 6) is 0.0952. The van der Waals surface area contributed by atoms with Gasteiger partial charge in [-0.1, -0.05) is 87.4 Å². The van der Waals surface area contributed by atoms with E-state index in [0.29, 0.717) is 26.2 Å². The second-order valence-corrected chi connectivity index (χ2v) is 8.89. The van der Waals surface area contributed by atoms with Gasteiger partial charge < -0.3 is 5.32 Å². The van der Waals surface area contributed by atoms with E-state index in [9.17, 15) is 4.79 Å². The summed E-state index contributed by atoms with van der Waals surface area (Å²) in [6.07, 6.45) is 6.82. The van der Waals surface area contributed by atoms with Gasteiger partial charge in [-0.2, -0.15) is 10.1 Å². The van der Waals surface area contributed by atoms with Crippen LogP contribution in [0.1, 0.15) is 69.9 Å². The predicted molar refractivity (Wildman–Crippen MR) is 142 cm³/mol. The maximum absolute atomic E-state index is 12.2. The van der Waals surface area contributed by atoms with E-state index in [0.717, 1.165) is 70.3 Å². The molecule has 0 bridgehead atoms. The molecular formula is C29H45N3O3. The standard InChI is InChI=1S/C29H45N3O3/c1-3-5-12-20-30-29(33)19-24-32(35-26-28-17-10-7-11-18-28)23-14-13-22-31(21-4-2)34-25-27-15-8-6-9-16-27/h6-11,15-18H,3-5,12-14,19-26H2,1-2H3,(H,30,33). The predicted octanol–water partition coefficient (Wildman–Crippen LogP) is 5.74. The Morgan fingerprint density at radius 1 is 0.686 bits per heavy atom. The zero-order valence-corrected chi connectivity index (χ0v) is 21.8.